The minimum absolute atomic E-state index is 0.220. The number of hydrogen-bond acceptors (Lipinski definition) is 2. The third-order valence-corrected chi connectivity index (χ3v) is 2.43. The number of carboxylic acid groups (broad SMARTS) is 1. The fourth-order valence-corrected chi connectivity index (χ4v) is 1.56. The molecule has 3 nitrogen and oxygen atoms in total. The van der Waals surface area contributed by atoms with E-state index in [-0.39, 0.29) is 18.4 Å². The molecule has 0 aromatic carbocycles. The van der Waals surface area contributed by atoms with Crippen LogP contribution in [0.25, 0.3) is 0 Å². The Bertz CT molecular complexity index is 166. The van der Waals surface area contributed by atoms with E-state index in [1.165, 1.54) is 12.8 Å². The molecule has 0 aromatic rings. The zero-order chi connectivity index (χ0) is 9.14. The predicted molar refractivity (Wildman–Crippen MR) is 46.7 cm³/mol. The Morgan fingerprint density at radius 3 is 2.67 bits per heavy atom. The quantitative estimate of drug-likeness (QED) is 0.653. The fraction of sp³-hybridized carbons (Fsp3) is 0.889. The Balaban J connectivity index is 2.15. The van der Waals surface area contributed by atoms with Gasteiger partial charge in [-0.3, -0.25) is 4.79 Å². The first-order valence-electron chi connectivity index (χ1n) is 4.57. The molecule has 70 valence electrons. The second-order valence-electron chi connectivity index (χ2n) is 3.94. The van der Waals surface area contributed by atoms with Gasteiger partial charge >= 0.3 is 5.97 Å². The van der Waals surface area contributed by atoms with Crippen LogP contribution in [0.4, 0.5) is 0 Å². The molecule has 2 atom stereocenters. The third kappa shape index (κ3) is 3.22. The van der Waals surface area contributed by atoms with Gasteiger partial charge in [-0.25, -0.2) is 0 Å². The number of hydrogen-bond donors (Lipinski definition) is 2. The molecule has 0 radical (unpaired) electrons. The summed E-state index contributed by atoms with van der Waals surface area (Å²) < 4.78 is 0. The van der Waals surface area contributed by atoms with Crippen LogP contribution in [-0.4, -0.2) is 17.1 Å². The molecule has 0 unspecified atom stereocenters. The molecule has 0 aliphatic heterocycles. The van der Waals surface area contributed by atoms with Gasteiger partial charge in [-0.05, 0) is 31.1 Å². The monoisotopic (exact) mass is 171 g/mol. The summed E-state index contributed by atoms with van der Waals surface area (Å²) in [5, 5.41) is 8.51. The topological polar surface area (TPSA) is 63.3 Å². The van der Waals surface area contributed by atoms with E-state index in [2.05, 4.69) is 0 Å². The highest BCUT2D eigenvalue weighted by molar-refractivity contribution is 5.66. The van der Waals surface area contributed by atoms with Gasteiger partial charge in [0.1, 0.15) is 0 Å². The largest absolute Gasteiger partial charge is 0.481 e. The number of carbonyl (C=O) groups is 1. The van der Waals surface area contributed by atoms with Crippen LogP contribution in [0.2, 0.25) is 0 Å². The van der Waals surface area contributed by atoms with Crippen LogP contribution in [0.1, 0.15) is 32.6 Å². The van der Waals surface area contributed by atoms with E-state index in [0.29, 0.717) is 5.92 Å². The van der Waals surface area contributed by atoms with E-state index in [4.69, 9.17) is 10.8 Å². The summed E-state index contributed by atoms with van der Waals surface area (Å²) in [6, 6.07) is 0.236. The summed E-state index contributed by atoms with van der Waals surface area (Å²) >= 11 is 0. The van der Waals surface area contributed by atoms with Crippen molar-refractivity contribution in [2.45, 2.75) is 38.6 Å². The average molecular weight is 171 g/mol. The lowest BCUT2D eigenvalue weighted by Crippen LogP contribution is -2.25. The van der Waals surface area contributed by atoms with Gasteiger partial charge in [-0.15, -0.1) is 0 Å². The summed E-state index contributed by atoms with van der Waals surface area (Å²) in [4.78, 5) is 10.3. The maximum absolute atomic E-state index is 10.3. The number of aliphatic carboxylic acids is 1. The van der Waals surface area contributed by atoms with Gasteiger partial charge in [0.2, 0.25) is 0 Å². The third-order valence-electron chi connectivity index (χ3n) is 2.43. The van der Waals surface area contributed by atoms with E-state index in [1.54, 1.807) is 0 Å². The van der Waals surface area contributed by atoms with E-state index in [0.717, 1.165) is 6.42 Å². The maximum atomic E-state index is 10.3. The molecule has 0 spiro atoms. The lowest BCUT2D eigenvalue weighted by atomic mass is 9.96. The second-order valence-corrected chi connectivity index (χ2v) is 3.94. The zero-order valence-electron chi connectivity index (χ0n) is 7.49. The SMILES string of the molecule is C[C@@H](CC(=O)O)C[C@@H](N)C1CC1. The first-order valence-corrected chi connectivity index (χ1v) is 4.57. The highest BCUT2D eigenvalue weighted by Crippen LogP contribution is 2.34. The van der Waals surface area contributed by atoms with Gasteiger partial charge in [0, 0.05) is 12.5 Å². The summed E-state index contributed by atoms with van der Waals surface area (Å²) in [7, 11) is 0. The lowest BCUT2D eigenvalue weighted by molar-refractivity contribution is -0.138. The fourth-order valence-electron chi connectivity index (χ4n) is 1.56. The van der Waals surface area contributed by atoms with E-state index in [9.17, 15) is 4.79 Å². The number of rotatable bonds is 5. The standard InChI is InChI=1S/C9H17NO2/c1-6(5-9(11)12)4-8(10)7-2-3-7/h6-8H,2-5,10H2,1H3,(H,11,12)/t6-,8-/m1/s1. The van der Waals surface area contributed by atoms with Gasteiger partial charge in [0.05, 0.1) is 0 Å². The molecule has 1 aliphatic rings. The van der Waals surface area contributed by atoms with Crippen molar-refractivity contribution in [3.63, 3.8) is 0 Å². The van der Waals surface area contributed by atoms with Crippen molar-refractivity contribution in [1.82, 2.24) is 0 Å². The van der Waals surface area contributed by atoms with Crippen LogP contribution in [0.15, 0.2) is 0 Å². The number of carboxylic acids is 1. The summed E-state index contributed by atoms with van der Waals surface area (Å²) in [5.74, 6) is 0.185. The zero-order valence-corrected chi connectivity index (χ0v) is 7.49. The van der Waals surface area contributed by atoms with Crippen molar-refractivity contribution < 1.29 is 9.90 Å². The van der Waals surface area contributed by atoms with Crippen LogP contribution in [0, 0.1) is 11.8 Å². The summed E-state index contributed by atoms with van der Waals surface area (Å²) in [5.41, 5.74) is 5.86. The Morgan fingerprint density at radius 1 is 1.67 bits per heavy atom. The second kappa shape index (κ2) is 3.90. The smallest absolute Gasteiger partial charge is 0.303 e. The molecule has 0 amide bonds. The average Bonchev–Trinajstić information content (AvgIpc) is 2.63. The molecular weight excluding hydrogens is 154 g/mol. The summed E-state index contributed by atoms with van der Waals surface area (Å²) in [6.45, 7) is 1.95. The van der Waals surface area contributed by atoms with Crippen molar-refractivity contribution in [2.75, 3.05) is 0 Å². The molecule has 12 heavy (non-hydrogen) atoms. The van der Waals surface area contributed by atoms with Crippen LogP contribution in [-0.2, 0) is 4.79 Å². The van der Waals surface area contributed by atoms with Crippen molar-refractivity contribution in [3.8, 4) is 0 Å². The van der Waals surface area contributed by atoms with Gasteiger partial charge in [-0.1, -0.05) is 6.92 Å². The van der Waals surface area contributed by atoms with Gasteiger partial charge in [-0.2, -0.15) is 0 Å². The van der Waals surface area contributed by atoms with Gasteiger partial charge < -0.3 is 10.8 Å². The minimum Gasteiger partial charge on any atom is -0.481 e. The Hall–Kier alpha value is -0.570. The van der Waals surface area contributed by atoms with Crippen LogP contribution in [0.3, 0.4) is 0 Å². The molecule has 0 saturated heterocycles. The lowest BCUT2D eigenvalue weighted by Gasteiger charge is -2.14. The summed E-state index contributed by atoms with van der Waals surface area (Å²) in [6.07, 6.45) is 3.58. The molecule has 0 aromatic heterocycles. The molecule has 0 bridgehead atoms. The highest BCUT2D eigenvalue weighted by atomic mass is 16.4. The molecular formula is C9H17NO2. The molecule has 1 aliphatic carbocycles. The van der Waals surface area contributed by atoms with Gasteiger partial charge in [0.25, 0.3) is 0 Å². The van der Waals surface area contributed by atoms with Crippen LogP contribution < -0.4 is 5.73 Å². The normalized spacial score (nSPS) is 21.8. The predicted octanol–water partition coefficient (Wildman–Crippen LogP) is 1.22. The highest BCUT2D eigenvalue weighted by Gasteiger charge is 2.29. The van der Waals surface area contributed by atoms with Gasteiger partial charge in [0.15, 0.2) is 0 Å². The van der Waals surface area contributed by atoms with Crippen LogP contribution in [0.5, 0.6) is 0 Å². The Kier molecular flexibility index (Phi) is 3.09. The molecule has 3 N–H and O–H groups in total. The molecule has 1 rings (SSSR count). The van der Waals surface area contributed by atoms with E-state index >= 15 is 0 Å². The van der Waals surface area contributed by atoms with Crippen molar-refractivity contribution >= 4 is 5.97 Å². The first-order chi connectivity index (χ1) is 5.59. The maximum Gasteiger partial charge on any atom is 0.303 e. The molecule has 1 saturated carbocycles. The van der Waals surface area contributed by atoms with Crippen molar-refractivity contribution in [1.29, 1.82) is 0 Å². The van der Waals surface area contributed by atoms with Crippen molar-refractivity contribution in [2.24, 2.45) is 17.6 Å². The molecule has 1 fully saturated rings. The van der Waals surface area contributed by atoms with Crippen molar-refractivity contribution in [3.05, 3.63) is 0 Å². The van der Waals surface area contributed by atoms with E-state index < -0.39 is 5.97 Å². The van der Waals surface area contributed by atoms with E-state index in [1.807, 2.05) is 6.92 Å². The molecule has 0 heterocycles. The Labute approximate surface area is 72.9 Å². The Morgan fingerprint density at radius 2 is 2.25 bits per heavy atom. The van der Waals surface area contributed by atoms with Crippen LogP contribution >= 0.6 is 0 Å². The molecule has 3 heteroatoms. The minimum atomic E-state index is -0.717. The number of nitrogens with two attached hydrogens (primary N) is 1. The first kappa shape index (κ1) is 9.52.